The summed E-state index contributed by atoms with van der Waals surface area (Å²) >= 11 is 0. The molecule has 0 fully saturated rings. The van der Waals surface area contributed by atoms with Crippen molar-refractivity contribution < 1.29 is 0 Å². The molecule has 0 saturated carbocycles. The van der Waals surface area contributed by atoms with Gasteiger partial charge >= 0.3 is 0 Å². The number of nitrogens with two attached hydrogens (primary N) is 1. The van der Waals surface area contributed by atoms with Crippen LogP contribution in [0.15, 0.2) is 42.5 Å². The van der Waals surface area contributed by atoms with E-state index in [0.717, 1.165) is 22.4 Å². The van der Waals surface area contributed by atoms with Gasteiger partial charge in [-0.3, -0.25) is 4.57 Å². The topological polar surface area (TPSA) is 70.9 Å². The first kappa shape index (κ1) is 13.0. The van der Waals surface area contributed by atoms with Gasteiger partial charge in [-0.2, -0.15) is 5.26 Å². The second-order valence-electron chi connectivity index (χ2n) is 5.00. The van der Waals surface area contributed by atoms with Crippen LogP contribution in [0.3, 0.4) is 0 Å². The Morgan fingerprint density at radius 2 is 1.95 bits per heavy atom. The Hall–Kier alpha value is -3.00. The lowest BCUT2D eigenvalue weighted by Crippen LogP contribution is -2.13. The normalized spacial score (nSPS) is 10.5. The fourth-order valence-corrected chi connectivity index (χ4v) is 2.45. The zero-order chi connectivity index (χ0) is 15.0. The third-order valence-corrected chi connectivity index (χ3v) is 3.41. The third-order valence-electron chi connectivity index (χ3n) is 3.41. The van der Waals surface area contributed by atoms with E-state index in [0.29, 0.717) is 11.5 Å². The smallest absolute Gasteiger partial charge is 0.206 e. The highest BCUT2D eigenvalue weighted by Gasteiger charge is 2.14. The van der Waals surface area contributed by atoms with Crippen LogP contribution in [-0.4, -0.2) is 23.6 Å². The molecule has 2 N–H and O–H groups in total. The molecule has 3 aromatic rings. The molecule has 0 aliphatic rings. The standard InChI is InChI=1S/C16H15N5/c1-20(2)13-5-3-4-6-14(13)21-15-9-11(10-17)7-8-12(15)19-16(21)18/h3-9H,1-2H3,(H2,18,19). The summed E-state index contributed by atoms with van der Waals surface area (Å²) in [4.78, 5) is 6.40. The summed E-state index contributed by atoms with van der Waals surface area (Å²) in [6, 6.07) is 15.5. The monoisotopic (exact) mass is 277 g/mol. The minimum absolute atomic E-state index is 0.411. The average molecular weight is 277 g/mol. The van der Waals surface area contributed by atoms with Crippen molar-refractivity contribution >= 4 is 22.7 Å². The Balaban J connectivity index is 2.35. The van der Waals surface area contributed by atoms with Gasteiger partial charge in [0.05, 0.1) is 34.0 Å². The fourth-order valence-electron chi connectivity index (χ4n) is 2.45. The Morgan fingerprint density at radius 3 is 2.67 bits per heavy atom. The Labute approximate surface area is 122 Å². The molecule has 104 valence electrons. The number of nitrogens with zero attached hydrogens (tertiary/aromatic N) is 4. The molecule has 2 aromatic carbocycles. The number of hydrogen-bond acceptors (Lipinski definition) is 4. The van der Waals surface area contributed by atoms with E-state index < -0.39 is 0 Å². The van der Waals surface area contributed by atoms with Crippen molar-refractivity contribution in [2.75, 3.05) is 24.7 Å². The van der Waals surface area contributed by atoms with Crippen LogP contribution in [0, 0.1) is 11.3 Å². The number of benzene rings is 2. The summed E-state index contributed by atoms with van der Waals surface area (Å²) in [5, 5.41) is 9.09. The number of fused-ring (bicyclic) bond motifs is 1. The van der Waals surface area contributed by atoms with Crippen LogP contribution in [0.25, 0.3) is 16.7 Å². The fraction of sp³-hybridized carbons (Fsp3) is 0.125. The van der Waals surface area contributed by atoms with Crippen molar-refractivity contribution in [2.45, 2.75) is 0 Å². The number of nitrogen functional groups attached to an aromatic ring is 1. The van der Waals surface area contributed by atoms with Gasteiger partial charge in [-0.15, -0.1) is 0 Å². The van der Waals surface area contributed by atoms with Crippen LogP contribution in [0.2, 0.25) is 0 Å². The van der Waals surface area contributed by atoms with E-state index in [1.807, 2.05) is 60.0 Å². The molecule has 0 amide bonds. The predicted molar refractivity (Wildman–Crippen MR) is 84.5 cm³/mol. The molecule has 1 heterocycles. The van der Waals surface area contributed by atoms with Crippen LogP contribution in [0.1, 0.15) is 5.56 Å². The molecule has 5 heteroatoms. The van der Waals surface area contributed by atoms with E-state index in [4.69, 9.17) is 11.0 Å². The second kappa shape index (κ2) is 4.84. The molecule has 3 rings (SSSR count). The maximum absolute atomic E-state index is 9.09. The molecule has 0 spiro atoms. The van der Waals surface area contributed by atoms with Gasteiger partial charge in [-0.25, -0.2) is 4.98 Å². The SMILES string of the molecule is CN(C)c1ccccc1-n1c(N)nc2ccc(C#N)cc21. The minimum Gasteiger partial charge on any atom is -0.376 e. The number of imidazole rings is 1. The lowest BCUT2D eigenvalue weighted by atomic mass is 10.2. The molecule has 0 aliphatic carbocycles. The van der Waals surface area contributed by atoms with E-state index in [1.54, 1.807) is 6.07 Å². The van der Waals surface area contributed by atoms with Crippen LogP contribution >= 0.6 is 0 Å². The van der Waals surface area contributed by atoms with Gasteiger partial charge in [0.25, 0.3) is 0 Å². The first-order chi connectivity index (χ1) is 10.1. The van der Waals surface area contributed by atoms with Crippen molar-refractivity contribution in [1.29, 1.82) is 5.26 Å². The van der Waals surface area contributed by atoms with Crippen molar-refractivity contribution in [3.63, 3.8) is 0 Å². The van der Waals surface area contributed by atoms with Crippen LogP contribution in [-0.2, 0) is 0 Å². The van der Waals surface area contributed by atoms with Gasteiger partial charge in [0.2, 0.25) is 5.95 Å². The summed E-state index contributed by atoms with van der Waals surface area (Å²) in [6.07, 6.45) is 0. The Bertz CT molecular complexity index is 855. The van der Waals surface area contributed by atoms with Gasteiger partial charge in [0.15, 0.2) is 0 Å². The summed E-state index contributed by atoms with van der Waals surface area (Å²) in [5.74, 6) is 0.411. The van der Waals surface area contributed by atoms with Crippen LogP contribution in [0.4, 0.5) is 11.6 Å². The summed E-state index contributed by atoms with van der Waals surface area (Å²) in [6.45, 7) is 0. The first-order valence-corrected chi connectivity index (χ1v) is 6.56. The molecule has 5 nitrogen and oxygen atoms in total. The molecule has 0 aliphatic heterocycles. The quantitative estimate of drug-likeness (QED) is 0.781. The van der Waals surface area contributed by atoms with Gasteiger partial charge < -0.3 is 10.6 Å². The third kappa shape index (κ3) is 2.07. The van der Waals surface area contributed by atoms with Gasteiger partial charge in [-0.05, 0) is 30.3 Å². The molecule has 21 heavy (non-hydrogen) atoms. The summed E-state index contributed by atoms with van der Waals surface area (Å²) in [5.41, 5.74) is 10.3. The maximum Gasteiger partial charge on any atom is 0.206 e. The molecule has 0 radical (unpaired) electrons. The summed E-state index contributed by atoms with van der Waals surface area (Å²) < 4.78 is 1.88. The number of aromatic nitrogens is 2. The van der Waals surface area contributed by atoms with E-state index in [-0.39, 0.29) is 0 Å². The average Bonchev–Trinajstić information content (AvgIpc) is 2.81. The predicted octanol–water partition coefficient (Wildman–Crippen LogP) is 2.55. The van der Waals surface area contributed by atoms with Crippen LogP contribution in [0.5, 0.6) is 0 Å². The zero-order valence-electron chi connectivity index (χ0n) is 11.9. The van der Waals surface area contributed by atoms with E-state index in [1.165, 1.54) is 0 Å². The molecule has 0 unspecified atom stereocenters. The molecule has 1 aromatic heterocycles. The Morgan fingerprint density at radius 1 is 1.19 bits per heavy atom. The van der Waals surface area contributed by atoms with Crippen LogP contribution < -0.4 is 10.6 Å². The minimum atomic E-state index is 0.411. The van der Waals surface area contributed by atoms with Gasteiger partial charge in [0, 0.05) is 14.1 Å². The highest BCUT2D eigenvalue weighted by Crippen LogP contribution is 2.29. The van der Waals surface area contributed by atoms with Crippen molar-refractivity contribution in [3.8, 4) is 11.8 Å². The van der Waals surface area contributed by atoms with Crippen molar-refractivity contribution in [3.05, 3.63) is 48.0 Å². The van der Waals surface area contributed by atoms with E-state index in [9.17, 15) is 0 Å². The highest BCUT2D eigenvalue weighted by atomic mass is 15.2. The first-order valence-electron chi connectivity index (χ1n) is 6.56. The van der Waals surface area contributed by atoms with Crippen molar-refractivity contribution in [1.82, 2.24) is 9.55 Å². The number of rotatable bonds is 2. The molecule has 0 atom stereocenters. The number of nitriles is 1. The van der Waals surface area contributed by atoms with Gasteiger partial charge in [0.1, 0.15) is 0 Å². The summed E-state index contributed by atoms with van der Waals surface area (Å²) in [7, 11) is 3.96. The van der Waals surface area contributed by atoms with Gasteiger partial charge in [-0.1, -0.05) is 12.1 Å². The van der Waals surface area contributed by atoms with Crippen molar-refractivity contribution in [2.24, 2.45) is 0 Å². The molecule has 0 bridgehead atoms. The molecule has 0 saturated heterocycles. The van der Waals surface area contributed by atoms with E-state index in [2.05, 4.69) is 11.1 Å². The number of anilines is 2. The molecular weight excluding hydrogens is 262 g/mol. The number of hydrogen-bond donors (Lipinski definition) is 1. The highest BCUT2D eigenvalue weighted by molar-refractivity contribution is 5.84. The lowest BCUT2D eigenvalue weighted by molar-refractivity contribution is 1.06. The van der Waals surface area contributed by atoms with E-state index >= 15 is 0 Å². The number of para-hydroxylation sites is 2. The lowest BCUT2D eigenvalue weighted by Gasteiger charge is -2.18. The Kier molecular flexibility index (Phi) is 2.99. The maximum atomic E-state index is 9.09. The second-order valence-corrected chi connectivity index (χ2v) is 5.00. The zero-order valence-corrected chi connectivity index (χ0v) is 11.9. The largest absolute Gasteiger partial charge is 0.376 e. The molecular formula is C16H15N5.